The molecule has 0 saturated carbocycles. The number of carbonyl (C=O) groups excluding carboxylic acids is 1. The maximum atomic E-state index is 11.9. The van der Waals surface area contributed by atoms with E-state index in [0.717, 1.165) is 16.5 Å². The van der Waals surface area contributed by atoms with Gasteiger partial charge in [-0.05, 0) is 53.9 Å². The fraction of sp³-hybridized carbons (Fsp3) is 0.500. The van der Waals surface area contributed by atoms with Crippen molar-refractivity contribution in [2.75, 3.05) is 19.8 Å². The van der Waals surface area contributed by atoms with Crippen molar-refractivity contribution in [2.24, 2.45) is 0 Å². The van der Waals surface area contributed by atoms with Crippen LogP contribution in [0.4, 0.5) is 0 Å². The smallest absolute Gasteiger partial charge is 0.236 e. The Kier molecular flexibility index (Phi) is 9.49. The molecule has 0 saturated heterocycles. The fourth-order valence-corrected chi connectivity index (χ4v) is 2.64. The molecule has 0 radical (unpaired) electrons. The normalized spacial score (nSPS) is 11.7. The molecule has 0 aliphatic carbocycles. The van der Waals surface area contributed by atoms with Gasteiger partial charge in [0.2, 0.25) is 5.91 Å². The van der Waals surface area contributed by atoms with Crippen LogP contribution in [-0.4, -0.2) is 31.7 Å². The fourth-order valence-electron chi connectivity index (χ4n) is 2.03. The first kappa shape index (κ1) is 20.5. The Morgan fingerprint density at radius 1 is 1.38 bits per heavy atom. The van der Waals surface area contributed by atoms with E-state index in [2.05, 4.69) is 33.1 Å². The van der Waals surface area contributed by atoms with Gasteiger partial charge in [-0.2, -0.15) is 0 Å². The molecule has 0 aromatic heterocycles. The van der Waals surface area contributed by atoms with Crippen LogP contribution in [0.15, 0.2) is 29.3 Å². The molecule has 1 atom stereocenters. The molecule has 6 heteroatoms. The first-order valence-corrected chi connectivity index (χ1v) is 9.02. The van der Waals surface area contributed by atoms with E-state index in [1.807, 2.05) is 32.9 Å². The summed E-state index contributed by atoms with van der Waals surface area (Å²) < 4.78 is 12.1. The Bertz CT molecular complexity index is 549. The zero-order valence-electron chi connectivity index (χ0n) is 14.7. The Labute approximate surface area is 152 Å². The molecule has 0 heterocycles. The van der Waals surface area contributed by atoms with Gasteiger partial charge in [0, 0.05) is 13.1 Å². The van der Waals surface area contributed by atoms with Gasteiger partial charge in [-0.3, -0.25) is 4.79 Å². The van der Waals surface area contributed by atoms with Crippen LogP contribution in [0.3, 0.4) is 0 Å². The van der Waals surface area contributed by atoms with Crippen LogP contribution in [-0.2, 0) is 11.3 Å². The van der Waals surface area contributed by atoms with Crippen LogP contribution < -0.4 is 20.1 Å². The van der Waals surface area contributed by atoms with Crippen molar-refractivity contribution in [2.45, 2.75) is 39.8 Å². The lowest BCUT2D eigenvalue weighted by Gasteiger charge is -2.17. The van der Waals surface area contributed by atoms with Crippen LogP contribution in [0.1, 0.15) is 32.8 Å². The number of carbonyl (C=O) groups is 1. The van der Waals surface area contributed by atoms with Crippen molar-refractivity contribution in [3.63, 3.8) is 0 Å². The third kappa shape index (κ3) is 6.53. The molecule has 1 rings (SSSR count). The first-order chi connectivity index (χ1) is 11.5. The monoisotopic (exact) mass is 398 g/mol. The molecular weight excluding hydrogens is 372 g/mol. The number of hydrogen-bond acceptors (Lipinski definition) is 4. The number of halogens is 1. The summed E-state index contributed by atoms with van der Waals surface area (Å²) >= 11 is 3.52. The molecular formula is C18H27BrN2O3. The largest absolute Gasteiger partial charge is 0.490 e. The van der Waals surface area contributed by atoms with Crippen LogP contribution in [0.2, 0.25) is 0 Å². The number of benzene rings is 1. The summed E-state index contributed by atoms with van der Waals surface area (Å²) in [5.41, 5.74) is 1.01. The van der Waals surface area contributed by atoms with Gasteiger partial charge in [0.1, 0.15) is 6.61 Å². The van der Waals surface area contributed by atoms with E-state index < -0.39 is 0 Å². The standard InChI is InChI=1S/C18H27BrN2O3/c1-5-8-20-18(22)13(4)21-12-14-10-15(19)17(24-9-6-2)16(11-14)23-7-3/h6,10-11,13,21H,2,5,7-9,12H2,1,3-4H3,(H,20,22)/t13-/m0/s1. The van der Waals surface area contributed by atoms with E-state index in [1.54, 1.807) is 6.08 Å². The number of amides is 1. The van der Waals surface area contributed by atoms with E-state index in [-0.39, 0.29) is 11.9 Å². The van der Waals surface area contributed by atoms with Gasteiger partial charge in [0.15, 0.2) is 11.5 Å². The van der Waals surface area contributed by atoms with Crippen LogP contribution in [0.5, 0.6) is 11.5 Å². The molecule has 0 aliphatic rings. The Morgan fingerprint density at radius 3 is 2.75 bits per heavy atom. The third-order valence-corrected chi connectivity index (χ3v) is 3.86. The quantitative estimate of drug-likeness (QED) is 0.560. The van der Waals surface area contributed by atoms with Crippen LogP contribution in [0, 0.1) is 0 Å². The molecule has 134 valence electrons. The molecule has 0 unspecified atom stereocenters. The molecule has 24 heavy (non-hydrogen) atoms. The number of nitrogens with one attached hydrogen (secondary N) is 2. The van der Waals surface area contributed by atoms with Crippen molar-refractivity contribution >= 4 is 21.8 Å². The van der Waals surface area contributed by atoms with E-state index in [1.165, 1.54) is 0 Å². The van der Waals surface area contributed by atoms with Crippen LogP contribution in [0.25, 0.3) is 0 Å². The second-order valence-electron chi connectivity index (χ2n) is 5.33. The lowest BCUT2D eigenvalue weighted by atomic mass is 10.2. The summed E-state index contributed by atoms with van der Waals surface area (Å²) in [6.45, 7) is 11.7. The van der Waals surface area contributed by atoms with Gasteiger partial charge < -0.3 is 20.1 Å². The van der Waals surface area contributed by atoms with Crippen molar-refractivity contribution in [1.82, 2.24) is 10.6 Å². The summed E-state index contributed by atoms with van der Waals surface area (Å²) in [7, 11) is 0. The summed E-state index contributed by atoms with van der Waals surface area (Å²) in [5, 5.41) is 6.10. The highest BCUT2D eigenvalue weighted by atomic mass is 79.9. The minimum atomic E-state index is -0.262. The van der Waals surface area contributed by atoms with Crippen molar-refractivity contribution < 1.29 is 14.3 Å². The second-order valence-corrected chi connectivity index (χ2v) is 6.19. The molecule has 1 aromatic rings. The predicted molar refractivity (Wildman–Crippen MR) is 101 cm³/mol. The van der Waals surface area contributed by atoms with E-state index in [0.29, 0.717) is 37.8 Å². The molecule has 5 nitrogen and oxygen atoms in total. The lowest BCUT2D eigenvalue weighted by molar-refractivity contribution is -0.122. The molecule has 0 bridgehead atoms. The van der Waals surface area contributed by atoms with Crippen molar-refractivity contribution in [3.8, 4) is 11.5 Å². The number of hydrogen-bond donors (Lipinski definition) is 2. The van der Waals surface area contributed by atoms with E-state index >= 15 is 0 Å². The van der Waals surface area contributed by atoms with Gasteiger partial charge in [-0.1, -0.05) is 19.6 Å². The van der Waals surface area contributed by atoms with E-state index in [9.17, 15) is 4.79 Å². The number of ether oxygens (including phenoxy) is 2. The average Bonchev–Trinajstić information content (AvgIpc) is 2.57. The van der Waals surface area contributed by atoms with Gasteiger partial charge >= 0.3 is 0 Å². The van der Waals surface area contributed by atoms with Gasteiger partial charge in [-0.15, -0.1) is 0 Å². The molecule has 1 aromatic carbocycles. The third-order valence-electron chi connectivity index (χ3n) is 3.27. The van der Waals surface area contributed by atoms with Gasteiger partial charge in [-0.25, -0.2) is 0 Å². The highest BCUT2D eigenvalue weighted by molar-refractivity contribution is 9.10. The highest BCUT2D eigenvalue weighted by Gasteiger charge is 2.14. The number of rotatable bonds is 11. The summed E-state index contributed by atoms with van der Waals surface area (Å²) in [6, 6.07) is 3.63. The predicted octanol–water partition coefficient (Wildman–Crippen LogP) is 3.42. The highest BCUT2D eigenvalue weighted by Crippen LogP contribution is 2.37. The minimum absolute atomic E-state index is 0.00637. The zero-order valence-corrected chi connectivity index (χ0v) is 16.2. The SMILES string of the molecule is C=CCOc1c(Br)cc(CN[C@@H](C)C(=O)NCCC)cc1OCC. The van der Waals surface area contributed by atoms with Gasteiger partial charge in [0.05, 0.1) is 17.1 Å². The van der Waals surface area contributed by atoms with Crippen molar-refractivity contribution in [3.05, 3.63) is 34.8 Å². The Morgan fingerprint density at radius 2 is 2.12 bits per heavy atom. The molecule has 0 fully saturated rings. The average molecular weight is 399 g/mol. The molecule has 0 spiro atoms. The summed E-state index contributed by atoms with van der Waals surface area (Å²) in [5.74, 6) is 1.34. The Balaban J connectivity index is 2.77. The molecule has 0 aliphatic heterocycles. The first-order valence-electron chi connectivity index (χ1n) is 8.23. The lowest BCUT2D eigenvalue weighted by Crippen LogP contribution is -2.42. The van der Waals surface area contributed by atoms with Crippen molar-refractivity contribution in [1.29, 1.82) is 0 Å². The molecule has 1 amide bonds. The maximum Gasteiger partial charge on any atom is 0.236 e. The van der Waals surface area contributed by atoms with Gasteiger partial charge in [0.25, 0.3) is 0 Å². The summed E-state index contributed by atoms with van der Waals surface area (Å²) in [6.07, 6.45) is 2.61. The Hall–Kier alpha value is -1.53. The maximum absolute atomic E-state index is 11.9. The zero-order chi connectivity index (χ0) is 17.9. The minimum Gasteiger partial charge on any atom is -0.490 e. The van der Waals surface area contributed by atoms with E-state index in [4.69, 9.17) is 9.47 Å². The topological polar surface area (TPSA) is 59.6 Å². The molecule has 2 N–H and O–H groups in total. The second kappa shape index (κ2) is 11.1. The van der Waals surface area contributed by atoms with Crippen LogP contribution >= 0.6 is 15.9 Å². The summed E-state index contributed by atoms with van der Waals surface area (Å²) in [4.78, 5) is 11.9.